The third-order valence-corrected chi connectivity index (χ3v) is 2.21. The van der Waals surface area contributed by atoms with Gasteiger partial charge in [-0.25, -0.2) is 0 Å². The van der Waals surface area contributed by atoms with E-state index in [9.17, 15) is 5.11 Å². The fourth-order valence-corrected chi connectivity index (χ4v) is 1.15. The topological polar surface area (TPSA) is 59.4 Å². The van der Waals surface area contributed by atoms with Gasteiger partial charge in [0, 0.05) is 6.54 Å². The van der Waals surface area contributed by atoms with Gasteiger partial charge in [-0.05, 0) is 18.1 Å². The monoisotopic (exact) mass is 169 g/mol. The first-order chi connectivity index (χ1) is 5.61. The molecule has 1 heterocycles. The van der Waals surface area contributed by atoms with Crippen LogP contribution in [0.15, 0.2) is 22.8 Å². The number of nitrogens with two attached hydrogens (primary N) is 1. The minimum absolute atomic E-state index is 0.0497. The maximum Gasteiger partial charge on any atom is 0.136 e. The molecule has 12 heavy (non-hydrogen) atoms. The molecule has 0 aliphatic carbocycles. The van der Waals surface area contributed by atoms with Gasteiger partial charge in [0.2, 0.25) is 0 Å². The molecule has 0 amide bonds. The summed E-state index contributed by atoms with van der Waals surface area (Å²) in [6.45, 7) is 4.00. The Kier molecular flexibility index (Phi) is 2.55. The summed E-state index contributed by atoms with van der Waals surface area (Å²) in [5.41, 5.74) is 4.46. The molecule has 0 aliphatic rings. The van der Waals surface area contributed by atoms with Crippen LogP contribution in [0.4, 0.5) is 0 Å². The SMILES string of the molecule is CC(C)C(O)(CN)c1ccco1. The summed E-state index contributed by atoms with van der Waals surface area (Å²) in [7, 11) is 0. The molecule has 0 spiro atoms. The first-order valence-electron chi connectivity index (χ1n) is 4.07. The molecule has 0 saturated heterocycles. The van der Waals surface area contributed by atoms with Crippen molar-refractivity contribution in [3.05, 3.63) is 24.2 Å². The highest BCUT2D eigenvalue weighted by molar-refractivity contribution is 5.10. The molecule has 1 aromatic heterocycles. The molecule has 3 nitrogen and oxygen atoms in total. The number of hydrogen-bond acceptors (Lipinski definition) is 3. The van der Waals surface area contributed by atoms with Gasteiger partial charge in [-0.2, -0.15) is 0 Å². The van der Waals surface area contributed by atoms with Crippen LogP contribution in [-0.4, -0.2) is 11.7 Å². The molecule has 1 aromatic rings. The highest BCUT2D eigenvalue weighted by Crippen LogP contribution is 2.28. The quantitative estimate of drug-likeness (QED) is 0.711. The third kappa shape index (κ3) is 1.38. The fraction of sp³-hybridized carbons (Fsp3) is 0.556. The molecule has 0 bridgehead atoms. The maximum atomic E-state index is 10.0. The number of aliphatic hydroxyl groups is 1. The van der Waals surface area contributed by atoms with Crippen molar-refractivity contribution >= 4 is 0 Å². The molecule has 68 valence electrons. The first kappa shape index (κ1) is 9.29. The zero-order valence-corrected chi connectivity index (χ0v) is 7.45. The summed E-state index contributed by atoms with van der Waals surface area (Å²) >= 11 is 0. The van der Waals surface area contributed by atoms with Crippen LogP contribution in [0.1, 0.15) is 19.6 Å². The van der Waals surface area contributed by atoms with E-state index < -0.39 is 5.60 Å². The van der Waals surface area contributed by atoms with E-state index in [-0.39, 0.29) is 12.5 Å². The molecule has 1 atom stereocenters. The summed E-state index contributed by atoms with van der Waals surface area (Å²) < 4.78 is 5.12. The van der Waals surface area contributed by atoms with Crippen LogP contribution < -0.4 is 5.73 Å². The summed E-state index contributed by atoms with van der Waals surface area (Å²) in [6, 6.07) is 3.49. The molecule has 0 aromatic carbocycles. The second-order valence-corrected chi connectivity index (χ2v) is 3.26. The van der Waals surface area contributed by atoms with Crippen LogP contribution in [0.3, 0.4) is 0 Å². The van der Waals surface area contributed by atoms with E-state index in [1.165, 1.54) is 0 Å². The lowest BCUT2D eigenvalue weighted by Crippen LogP contribution is -2.39. The van der Waals surface area contributed by atoms with E-state index in [1.807, 2.05) is 13.8 Å². The molecule has 1 rings (SSSR count). The van der Waals surface area contributed by atoms with Crippen LogP contribution in [0.25, 0.3) is 0 Å². The van der Waals surface area contributed by atoms with Gasteiger partial charge in [0.25, 0.3) is 0 Å². The number of rotatable bonds is 3. The van der Waals surface area contributed by atoms with Crippen LogP contribution in [0.5, 0.6) is 0 Å². The Balaban J connectivity index is 2.96. The van der Waals surface area contributed by atoms with Gasteiger partial charge >= 0.3 is 0 Å². The molecule has 0 saturated carbocycles. The van der Waals surface area contributed by atoms with Crippen LogP contribution in [0, 0.1) is 5.92 Å². The highest BCUT2D eigenvalue weighted by atomic mass is 16.4. The molecule has 3 N–H and O–H groups in total. The van der Waals surface area contributed by atoms with Crippen molar-refractivity contribution in [3.8, 4) is 0 Å². The summed E-state index contributed by atoms with van der Waals surface area (Å²) in [5.74, 6) is 0.591. The Labute approximate surface area is 72.2 Å². The largest absolute Gasteiger partial charge is 0.466 e. The lowest BCUT2D eigenvalue weighted by atomic mass is 9.88. The second-order valence-electron chi connectivity index (χ2n) is 3.26. The molecule has 1 unspecified atom stereocenters. The van der Waals surface area contributed by atoms with E-state index in [1.54, 1.807) is 18.4 Å². The molecular weight excluding hydrogens is 154 g/mol. The lowest BCUT2D eigenvalue weighted by molar-refractivity contribution is -0.0207. The van der Waals surface area contributed by atoms with Gasteiger partial charge in [-0.15, -0.1) is 0 Å². The fourth-order valence-electron chi connectivity index (χ4n) is 1.15. The van der Waals surface area contributed by atoms with Gasteiger partial charge in [0.05, 0.1) is 6.26 Å². The summed E-state index contributed by atoms with van der Waals surface area (Å²) in [4.78, 5) is 0. The van der Waals surface area contributed by atoms with E-state index in [0.717, 1.165) is 0 Å². The van der Waals surface area contributed by atoms with E-state index in [0.29, 0.717) is 5.76 Å². The van der Waals surface area contributed by atoms with E-state index in [4.69, 9.17) is 10.2 Å². The number of furan rings is 1. The number of hydrogen-bond donors (Lipinski definition) is 2. The lowest BCUT2D eigenvalue weighted by Gasteiger charge is -2.28. The highest BCUT2D eigenvalue weighted by Gasteiger charge is 2.34. The Morgan fingerprint density at radius 1 is 1.67 bits per heavy atom. The van der Waals surface area contributed by atoms with Gasteiger partial charge < -0.3 is 15.3 Å². The Bertz CT molecular complexity index is 231. The smallest absolute Gasteiger partial charge is 0.136 e. The molecule has 0 radical (unpaired) electrons. The predicted molar refractivity (Wildman–Crippen MR) is 46.5 cm³/mol. The zero-order chi connectivity index (χ0) is 9.19. The van der Waals surface area contributed by atoms with Crippen LogP contribution >= 0.6 is 0 Å². The molecule has 0 aliphatic heterocycles. The first-order valence-corrected chi connectivity index (χ1v) is 4.07. The van der Waals surface area contributed by atoms with Gasteiger partial charge in [0.15, 0.2) is 0 Å². The van der Waals surface area contributed by atoms with Crippen LogP contribution in [0.2, 0.25) is 0 Å². The Morgan fingerprint density at radius 3 is 2.67 bits per heavy atom. The maximum absolute atomic E-state index is 10.0. The average Bonchev–Trinajstić information content (AvgIpc) is 2.54. The normalized spacial score (nSPS) is 16.4. The second kappa shape index (κ2) is 3.29. The van der Waals surface area contributed by atoms with E-state index in [2.05, 4.69) is 0 Å². The third-order valence-electron chi connectivity index (χ3n) is 2.21. The predicted octanol–water partition coefficient (Wildman–Crippen LogP) is 1.08. The Hall–Kier alpha value is -0.800. The summed E-state index contributed by atoms with van der Waals surface area (Å²) in [6.07, 6.45) is 1.54. The van der Waals surface area contributed by atoms with Gasteiger partial charge in [-0.1, -0.05) is 13.8 Å². The van der Waals surface area contributed by atoms with Gasteiger partial charge in [0.1, 0.15) is 11.4 Å². The van der Waals surface area contributed by atoms with Crippen molar-refractivity contribution in [1.82, 2.24) is 0 Å². The molecular formula is C9H15NO2. The minimum atomic E-state index is -1.02. The van der Waals surface area contributed by atoms with Crippen molar-refractivity contribution < 1.29 is 9.52 Å². The van der Waals surface area contributed by atoms with Crippen molar-refractivity contribution in [2.75, 3.05) is 6.54 Å². The van der Waals surface area contributed by atoms with Crippen LogP contribution in [-0.2, 0) is 5.60 Å². The summed E-state index contributed by atoms with van der Waals surface area (Å²) in [5, 5.41) is 10.0. The Morgan fingerprint density at radius 2 is 2.33 bits per heavy atom. The van der Waals surface area contributed by atoms with Gasteiger partial charge in [-0.3, -0.25) is 0 Å². The molecule has 0 fully saturated rings. The van der Waals surface area contributed by atoms with Crippen molar-refractivity contribution in [2.24, 2.45) is 11.7 Å². The van der Waals surface area contributed by atoms with E-state index >= 15 is 0 Å². The van der Waals surface area contributed by atoms with Crippen molar-refractivity contribution in [3.63, 3.8) is 0 Å². The molecule has 3 heteroatoms. The average molecular weight is 169 g/mol. The standard InChI is InChI=1S/C9H15NO2/c1-7(2)9(11,6-10)8-4-3-5-12-8/h3-5,7,11H,6,10H2,1-2H3. The van der Waals surface area contributed by atoms with Crippen molar-refractivity contribution in [2.45, 2.75) is 19.4 Å². The zero-order valence-electron chi connectivity index (χ0n) is 7.45. The minimum Gasteiger partial charge on any atom is -0.466 e. The van der Waals surface area contributed by atoms with Crippen molar-refractivity contribution in [1.29, 1.82) is 0 Å².